The van der Waals surface area contributed by atoms with Crippen molar-refractivity contribution < 1.29 is 14.3 Å². The molecule has 1 aliphatic rings. The molecule has 0 bridgehead atoms. The number of hydrogen-bond donors (Lipinski definition) is 0. The fourth-order valence-electron chi connectivity index (χ4n) is 4.57. The van der Waals surface area contributed by atoms with E-state index in [2.05, 4.69) is 50.2 Å². The van der Waals surface area contributed by atoms with Crippen molar-refractivity contribution in [2.24, 2.45) is 4.99 Å². The van der Waals surface area contributed by atoms with E-state index < -0.39 is 12.0 Å². The molecule has 3 aromatic carbocycles. The Kier molecular flexibility index (Phi) is 9.72. The van der Waals surface area contributed by atoms with Gasteiger partial charge >= 0.3 is 5.97 Å². The van der Waals surface area contributed by atoms with Crippen LogP contribution in [0, 0.1) is 7.14 Å². The van der Waals surface area contributed by atoms with Crippen LogP contribution in [-0.2, 0) is 16.1 Å². The van der Waals surface area contributed by atoms with Crippen molar-refractivity contribution in [3.63, 3.8) is 0 Å². The predicted molar refractivity (Wildman–Crippen MR) is 181 cm³/mol. The quantitative estimate of drug-likeness (QED) is 0.119. The van der Waals surface area contributed by atoms with Gasteiger partial charge in [-0.05, 0) is 112 Å². The molecule has 0 radical (unpaired) electrons. The van der Waals surface area contributed by atoms with Gasteiger partial charge < -0.3 is 9.47 Å². The molecule has 0 aliphatic carbocycles. The van der Waals surface area contributed by atoms with Gasteiger partial charge in [0.05, 0.1) is 35.6 Å². The van der Waals surface area contributed by atoms with Gasteiger partial charge in [0, 0.05) is 4.90 Å². The zero-order valence-corrected chi connectivity index (χ0v) is 28.5. The van der Waals surface area contributed by atoms with Crippen molar-refractivity contribution in [2.75, 3.05) is 12.9 Å². The van der Waals surface area contributed by atoms with Crippen molar-refractivity contribution in [3.8, 4) is 5.75 Å². The largest absolute Gasteiger partial charge is 0.487 e. The van der Waals surface area contributed by atoms with E-state index in [9.17, 15) is 9.59 Å². The summed E-state index contributed by atoms with van der Waals surface area (Å²) in [5.74, 6) is 0.356. The zero-order chi connectivity index (χ0) is 29.1. The van der Waals surface area contributed by atoms with Crippen LogP contribution in [0.3, 0.4) is 0 Å². The second-order valence-corrected chi connectivity index (χ2v) is 13.4. The Morgan fingerprint density at radius 3 is 2.41 bits per heavy atom. The molecule has 10 heteroatoms. The molecular formula is C31H26I2N2O4S2. The Balaban J connectivity index is 1.56. The molecule has 0 N–H and O–H groups in total. The summed E-state index contributed by atoms with van der Waals surface area (Å²) in [4.78, 5) is 33.4. The number of benzene rings is 3. The van der Waals surface area contributed by atoms with Crippen molar-refractivity contribution in [1.29, 1.82) is 0 Å². The number of carbonyl (C=O) groups excluding carboxylic acids is 1. The van der Waals surface area contributed by atoms with Crippen LogP contribution in [0.1, 0.15) is 36.6 Å². The number of carbonyl (C=O) groups is 1. The Morgan fingerprint density at radius 1 is 1.10 bits per heavy atom. The normalized spacial score (nSPS) is 15.0. The summed E-state index contributed by atoms with van der Waals surface area (Å²) in [7, 11) is 0. The molecule has 0 saturated carbocycles. The van der Waals surface area contributed by atoms with E-state index in [-0.39, 0.29) is 12.2 Å². The number of aromatic nitrogens is 1. The molecule has 0 spiro atoms. The van der Waals surface area contributed by atoms with E-state index in [1.807, 2.05) is 79.1 Å². The lowest BCUT2D eigenvalue weighted by Crippen LogP contribution is -2.39. The summed E-state index contributed by atoms with van der Waals surface area (Å²) in [6.45, 7) is 4.28. The first-order valence-electron chi connectivity index (χ1n) is 12.8. The second kappa shape index (κ2) is 13.3. The van der Waals surface area contributed by atoms with Gasteiger partial charge in [-0.2, -0.15) is 0 Å². The number of rotatable bonds is 8. The molecule has 5 rings (SSSR count). The number of esters is 1. The van der Waals surface area contributed by atoms with Crippen molar-refractivity contribution in [3.05, 3.63) is 122 Å². The van der Waals surface area contributed by atoms with Gasteiger partial charge in [0.1, 0.15) is 12.4 Å². The number of ether oxygens (including phenoxy) is 2. The molecule has 1 atom stereocenters. The number of nitrogens with zero attached hydrogens (tertiary/aromatic N) is 2. The maximum Gasteiger partial charge on any atom is 0.338 e. The third-order valence-corrected chi connectivity index (χ3v) is 9.82. The fourth-order valence-corrected chi connectivity index (χ4v) is 8.16. The van der Waals surface area contributed by atoms with E-state index in [4.69, 9.17) is 9.47 Å². The minimum absolute atomic E-state index is 0.198. The Hall–Kier alpha value is -2.42. The van der Waals surface area contributed by atoms with Gasteiger partial charge in [-0.1, -0.05) is 53.8 Å². The minimum Gasteiger partial charge on any atom is -0.487 e. The van der Waals surface area contributed by atoms with Crippen LogP contribution < -0.4 is 19.6 Å². The molecule has 0 fully saturated rings. The number of fused-ring (bicyclic) bond motifs is 1. The van der Waals surface area contributed by atoms with E-state index in [0.717, 1.165) is 34.5 Å². The molecule has 41 heavy (non-hydrogen) atoms. The van der Waals surface area contributed by atoms with Gasteiger partial charge in [0.2, 0.25) is 0 Å². The summed E-state index contributed by atoms with van der Waals surface area (Å²) in [5, 5.41) is 0. The maximum atomic E-state index is 13.9. The lowest BCUT2D eigenvalue weighted by molar-refractivity contribution is -0.139. The summed E-state index contributed by atoms with van der Waals surface area (Å²) < 4.78 is 15.6. The van der Waals surface area contributed by atoms with Crippen LogP contribution in [0.2, 0.25) is 0 Å². The van der Waals surface area contributed by atoms with Gasteiger partial charge in [0.15, 0.2) is 4.80 Å². The van der Waals surface area contributed by atoms with Crippen molar-refractivity contribution >= 4 is 80.3 Å². The summed E-state index contributed by atoms with van der Waals surface area (Å²) >= 11 is 7.50. The molecule has 6 nitrogen and oxygen atoms in total. The van der Waals surface area contributed by atoms with Gasteiger partial charge in [-0.15, -0.1) is 11.8 Å². The SMILES string of the molecule is CCOC(=O)C1=C(C)N=c2s/c(=C\c3cc(I)c(OCc4ccccc4)c(I)c3)c(=O)n2C1c1ccc(SC)cc1. The lowest BCUT2D eigenvalue weighted by atomic mass is 9.96. The monoisotopic (exact) mass is 808 g/mol. The van der Waals surface area contributed by atoms with Crippen LogP contribution >= 0.6 is 68.3 Å². The van der Waals surface area contributed by atoms with Crippen molar-refractivity contribution in [2.45, 2.75) is 31.4 Å². The van der Waals surface area contributed by atoms with Crippen LogP contribution in [0.4, 0.5) is 0 Å². The molecule has 0 saturated heterocycles. The average Bonchev–Trinajstić information content (AvgIpc) is 3.26. The Morgan fingerprint density at radius 2 is 1.78 bits per heavy atom. The smallest absolute Gasteiger partial charge is 0.338 e. The second-order valence-electron chi connectivity index (χ2n) is 9.16. The van der Waals surface area contributed by atoms with E-state index in [1.165, 1.54) is 11.3 Å². The van der Waals surface area contributed by atoms with E-state index in [1.54, 1.807) is 30.2 Å². The lowest BCUT2D eigenvalue weighted by Gasteiger charge is -2.24. The number of allylic oxidation sites excluding steroid dienone is 1. The highest BCUT2D eigenvalue weighted by molar-refractivity contribution is 14.1. The molecule has 2 heterocycles. The molecule has 0 amide bonds. The molecule has 1 aliphatic heterocycles. The summed E-state index contributed by atoms with van der Waals surface area (Å²) in [6, 6.07) is 21.4. The maximum absolute atomic E-state index is 13.9. The standard InChI is InChI=1S/C31H26I2N2O4S2/c1-4-38-30(37)26-18(2)34-31-35(27(26)21-10-12-22(40-3)13-11-21)29(36)25(41-31)16-20-14-23(32)28(24(33)15-20)39-17-19-8-6-5-7-9-19/h5-16,27H,4,17H2,1-3H3/b25-16-. The molecule has 210 valence electrons. The van der Waals surface area contributed by atoms with Crippen LogP contribution in [-0.4, -0.2) is 23.4 Å². The van der Waals surface area contributed by atoms with E-state index in [0.29, 0.717) is 27.2 Å². The van der Waals surface area contributed by atoms with Crippen LogP contribution in [0.5, 0.6) is 5.75 Å². The molecule has 1 unspecified atom stereocenters. The highest BCUT2D eigenvalue weighted by atomic mass is 127. The molecule has 1 aromatic heterocycles. The number of hydrogen-bond acceptors (Lipinski definition) is 7. The predicted octanol–water partition coefficient (Wildman–Crippen LogP) is 6.31. The Labute approximate surface area is 273 Å². The average molecular weight is 809 g/mol. The van der Waals surface area contributed by atoms with Gasteiger partial charge in [0.25, 0.3) is 5.56 Å². The highest BCUT2D eigenvalue weighted by Crippen LogP contribution is 2.32. The van der Waals surface area contributed by atoms with E-state index >= 15 is 0 Å². The first-order valence-corrected chi connectivity index (χ1v) is 17.0. The topological polar surface area (TPSA) is 69.9 Å². The summed E-state index contributed by atoms with van der Waals surface area (Å²) in [5.41, 5.74) is 3.55. The number of thiazole rings is 1. The first-order chi connectivity index (χ1) is 19.8. The minimum atomic E-state index is -0.627. The number of halogens is 2. The third kappa shape index (κ3) is 6.50. The number of thioether (sulfide) groups is 1. The van der Waals surface area contributed by atoms with Gasteiger partial charge in [-0.3, -0.25) is 9.36 Å². The van der Waals surface area contributed by atoms with Crippen LogP contribution in [0.25, 0.3) is 6.08 Å². The first kappa shape index (κ1) is 30.1. The third-order valence-electron chi connectivity index (χ3n) is 6.49. The summed E-state index contributed by atoms with van der Waals surface area (Å²) in [6.07, 6.45) is 3.89. The fraction of sp³-hybridized carbons (Fsp3) is 0.194. The molecular weight excluding hydrogens is 782 g/mol. The highest BCUT2D eigenvalue weighted by Gasteiger charge is 2.33. The van der Waals surface area contributed by atoms with Crippen LogP contribution in [0.15, 0.2) is 92.7 Å². The van der Waals surface area contributed by atoms with Crippen molar-refractivity contribution in [1.82, 2.24) is 4.57 Å². The zero-order valence-electron chi connectivity index (χ0n) is 22.5. The van der Waals surface area contributed by atoms with Gasteiger partial charge in [-0.25, -0.2) is 9.79 Å². The Bertz CT molecular complexity index is 1790. The molecule has 4 aromatic rings.